The van der Waals surface area contributed by atoms with Crippen LogP contribution in [0.2, 0.25) is 0 Å². The summed E-state index contributed by atoms with van der Waals surface area (Å²) in [6.07, 6.45) is 5.08. The highest BCUT2D eigenvalue weighted by molar-refractivity contribution is 5.07. The normalized spacial score (nSPS) is 10.8. The Labute approximate surface area is 95.7 Å². The van der Waals surface area contributed by atoms with Crippen LogP contribution in [-0.4, -0.2) is 14.8 Å². The molecule has 4 heteroatoms. The highest BCUT2D eigenvalue weighted by Gasteiger charge is 1.99. The molecule has 0 spiro atoms. The minimum atomic E-state index is 0.831. The average Bonchev–Trinajstić information content (AvgIpc) is 2.91. The molecule has 2 aromatic rings. The molecule has 0 aromatic carbocycles. The van der Waals surface area contributed by atoms with Crippen molar-refractivity contribution in [2.45, 2.75) is 33.0 Å². The number of hydrogen-bond acceptors (Lipinski definition) is 2. The van der Waals surface area contributed by atoms with E-state index in [-0.39, 0.29) is 0 Å². The second-order valence-electron chi connectivity index (χ2n) is 3.88. The van der Waals surface area contributed by atoms with E-state index in [2.05, 4.69) is 45.3 Å². The summed E-state index contributed by atoms with van der Waals surface area (Å²) >= 11 is 0. The fourth-order valence-electron chi connectivity index (χ4n) is 1.78. The van der Waals surface area contributed by atoms with E-state index >= 15 is 0 Å². The Morgan fingerprint density at radius 3 is 3.06 bits per heavy atom. The number of aromatic nitrogens is 3. The van der Waals surface area contributed by atoms with Gasteiger partial charge in [0.25, 0.3) is 0 Å². The van der Waals surface area contributed by atoms with E-state index in [0.717, 1.165) is 25.3 Å². The number of rotatable bonds is 6. The van der Waals surface area contributed by atoms with Gasteiger partial charge >= 0.3 is 0 Å². The Balaban J connectivity index is 1.82. The lowest BCUT2D eigenvalue weighted by atomic mass is 10.3. The zero-order valence-corrected chi connectivity index (χ0v) is 9.61. The minimum absolute atomic E-state index is 0.831. The topological polar surface area (TPSA) is 45.6 Å². The molecule has 16 heavy (non-hydrogen) atoms. The first-order chi connectivity index (χ1) is 7.90. The molecule has 0 saturated heterocycles. The second-order valence-corrected chi connectivity index (χ2v) is 3.88. The monoisotopic (exact) mass is 218 g/mol. The first-order valence-corrected chi connectivity index (χ1v) is 5.73. The number of aryl methyl sites for hydroxylation is 1. The van der Waals surface area contributed by atoms with Gasteiger partial charge in [-0.25, -0.2) is 0 Å². The van der Waals surface area contributed by atoms with E-state index in [4.69, 9.17) is 0 Å². The fraction of sp³-hybridized carbons (Fsp3) is 0.417. The summed E-state index contributed by atoms with van der Waals surface area (Å²) in [5.41, 5.74) is 2.45. The molecule has 0 amide bonds. The maximum absolute atomic E-state index is 3.91. The van der Waals surface area contributed by atoms with Crippen LogP contribution in [-0.2, 0) is 19.6 Å². The molecule has 0 fully saturated rings. The number of H-pyrrole nitrogens is 1. The smallest absolute Gasteiger partial charge is 0.0490 e. The summed E-state index contributed by atoms with van der Waals surface area (Å²) in [6.45, 7) is 5.01. The average molecular weight is 218 g/mol. The van der Waals surface area contributed by atoms with E-state index in [1.807, 2.05) is 6.07 Å². The van der Waals surface area contributed by atoms with Crippen LogP contribution in [0.4, 0.5) is 0 Å². The van der Waals surface area contributed by atoms with E-state index in [1.165, 1.54) is 12.1 Å². The SMILES string of the molecule is CCCn1cccc1CNCc1ccn[nH]1. The van der Waals surface area contributed by atoms with Crippen LogP contribution in [0.25, 0.3) is 0 Å². The van der Waals surface area contributed by atoms with Gasteiger partial charge in [-0.2, -0.15) is 5.10 Å². The minimum Gasteiger partial charge on any atom is -0.350 e. The Morgan fingerprint density at radius 1 is 1.38 bits per heavy atom. The lowest BCUT2D eigenvalue weighted by Gasteiger charge is -2.08. The molecule has 0 unspecified atom stereocenters. The summed E-state index contributed by atoms with van der Waals surface area (Å²) in [4.78, 5) is 0. The summed E-state index contributed by atoms with van der Waals surface area (Å²) in [7, 11) is 0. The Kier molecular flexibility index (Phi) is 3.77. The van der Waals surface area contributed by atoms with Crippen LogP contribution >= 0.6 is 0 Å². The third kappa shape index (κ3) is 2.73. The molecule has 0 aliphatic heterocycles. The van der Waals surface area contributed by atoms with E-state index in [0.29, 0.717) is 0 Å². The van der Waals surface area contributed by atoms with Crippen LogP contribution < -0.4 is 5.32 Å². The molecule has 2 heterocycles. The molecule has 4 nitrogen and oxygen atoms in total. The van der Waals surface area contributed by atoms with E-state index in [9.17, 15) is 0 Å². The largest absolute Gasteiger partial charge is 0.350 e. The Hall–Kier alpha value is -1.55. The van der Waals surface area contributed by atoms with Gasteiger partial charge < -0.3 is 9.88 Å². The van der Waals surface area contributed by atoms with Crippen molar-refractivity contribution < 1.29 is 0 Å². The van der Waals surface area contributed by atoms with Crippen molar-refractivity contribution in [3.05, 3.63) is 42.0 Å². The molecule has 0 bridgehead atoms. The van der Waals surface area contributed by atoms with Crippen molar-refractivity contribution in [1.82, 2.24) is 20.1 Å². The zero-order chi connectivity index (χ0) is 11.2. The van der Waals surface area contributed by atoms with Crippen molar-refractivity contribution in [2.24, 2.45) is 0 Å². The van der Waals surface area contributed by atoms with Crippen molar-refractivity contribution in [3.63, 3.8) is 0 Å². The third-order valence-corrected chi connectivity index (χ3v) is 2.57. The van der Waals surface area contributed by atoms with E-state index in [1.54, 1.807) is 6.20 Å². The molecule has 2 aromatic heterocycles. The number of nitrogens with zero attached hydrogens (tertiary/aromatic N) is 2. The first kappa shape index (κ1) is 11.0. The maximum Gasteiger partial charge on any atom is 0.0490 e. The van der Waals surface area contributed by atoms with Crippen molar-refractivity contribution >= 4 is 0 Å². The summed E-state index contributed by atoms with van der Waals surface area (Å²) < 4.78 is 2.29. The standard InChI is InChI=1S/C12H18N4/c1-2-7-16-8-3-4-12(16)10-13-9-11-5-6-14-15-11/h3-6,8,13H,2,7,9-10H2,1H3,(H,14,15). The van der Waals surface area contributed by atoms with Crippen LogP contribution in [0.3, 0.4) is 0 Å². The Morgan fingerprint density at radius 2 is 2.31 bits per heavy atom. The van der Waals surface area contributed by atoms with Gasteiger partial charge in [0.2, 0.25) is 0 Å². The molecular formula is C12H18N4. The summed E-state index contributed by atoms with van der Waals surface area (Å²) in [6, 6.07) is 6.25. The second kappa shape index (κ2) is 5.51. The predicted molar refractivity (Wildman–Crippen MR) is 63.9 cm³/mol. The van der Waals surface area contributed by atoms with Gasteiger partial charge in [-0.15, -0.1) is 0 Å². The molecule has 86 valence electrons. The molecule has 0 saturated carbocycles. The van der Waals surface area contributed by atoms with Gasteiger partial charge in [-0.3, -0.25) is 5.10 Å². The van der Waals surface area contributed by atoms with Crippen molar-refractivity contribution in [1.29, 1.82) is 0 Å². The van der Waals surface area contributed by atoms with Gasteiger partial charge in [0.1, 0.15) is 0 Å². The summed E-state index contributed by atoms with van der Waals surface area (Å²) in [5, 5.41) is 10.2. The van der Waals surface area contributed by atoms with Crippen molar-refractivity contribution in [3.8, 4) is 0 Å². The van der Waals surface area contributed by atoms with Gasteiger partial charge in [-0.05, 0) is 24.6 Å². The quantitative estimate of drug-likeness (QED) is 0.778. The van der Waals surface area contributed by atoms with Crippen molar-refractivity contribution in [2.75, 3.05) is 0 Å². The third-order valence-electron chi connectivity index (χ3n) is 2.57. The molecule has 2 rings (SSSR count). The first-order valence-electron chi connectivity index (χ1n) is 5.73. The van der Waals surface area contributed by atoms with Crippen LogP contribution in [0, 0.1) is 0 Å². The molecule has 2 N–H and O–H groups in total. The molecule has 0 aliphatic carbocycles. The lowest BCUT2D eigenvalue weighted by Crippen LogP contribution is -2.15. The molecule has 0 aliphatic rings. The highest BCUT2D eigenvalue weighted by Crippen LogP contribution is 2.03. The summed E-state index contributed by atoms with van der Waals surface area (Å²) in [5.74, 6) is 0. The van der Waals surface area contributed by atoms with Gasteiger partial charge in [-0.1, -0.05) is 6.92 Å². The number of aromatic amines is 1. The highest BCUT2D eigenvalue weighted by atomic mass is 15.1. The predicted octanol–water partition coefficient (Wildman–Crippen LogP) is 1.91. The van der Waals surface area contributed by atoms with Crippen LogP contribution in [0.5, 0.6) is 0 Å². The van der Waals surface area contributed by atoms with Gasteiger partial charge in [0, 0.05) is 43.4 Å². The molecule has 0 radical (unpaired) electrons. The lowest BCUT2D eigenvalue weighted by molar-refractivity contribution is 0.598. The Bertz CT molecular complexity index is 402. The zero-order valence-electron chi connectivity index (χ0n) is 9.61. The maximum atomic E-state index is 3.91. The molecular weight excluding hydrogens is 200 g/mol. The molecule has 0 atom stereocenters. The fourth-order valence-corrected chi connectivity index (χ4v) is 1.78. The van der Waals surface area contributed by atoms with Crippen LogP contribution in [0.15, 0.2) is 30.6 Å². The number of hydrogen-bond donors (Lipinski definition) is 2. The van der Waals surface area contributed by atoms with Gasteiger partial charge in [0.05, 0.1) is 0 Å². The van der Waals surface area contributed by atoms with E-state index < -0.39 is 0 Å². The van der Waals surface area contributed by atoms with Crippen LogP contribution in [0.1, 0.15) is 24.7 Å². The van der Waals surface area contributed by atoms with Gasteiger partial charge in [0.15, 0.2) is 0 Å². The number of nitrogens with one attached hydrogen (secondary N) is 2.